The van der Waals surface area contributed by atoms with E-state index in [4.69, 9.17) is 17.3 Å². The van der Waals surface area contributed by atoms with Gasteiger partial charge in [0.2, 0.25) is 0 Å². The van der Waals surface area contributed by atoms with Crippen molar-refractivity contribution in [3.05, 3.63) is 22.7 Å². The Balaban J connectivity index is 2.33. The molecule has 0 saturated heterocycles. The fourth-order valence-electron chi connectivity index (χ4n) is 2.49. The normalized spacial score (nSPS) is 23.0. The van der Waals surface area contributed by atoms with Crippen LogP contribution in [-0.2, 0) is 0 Å². The van der Waals surface area contributed by atoms with Crippen molar-refractivity contribution in [3.63, 3.8) is 0 Å². The molecular weight excluding hydrogens is 252 g/mol. The summed E-state index contributed by atoms with van der Waals surface area (Å²) < 4.78 is 0. The molecule has 1 aromatic rings. The van der Waals surface area contributed by atoms with Gasteiger partial charge >= 0.3 is 5.97 Å². The van der Waals surface area contributed by atoms with Crippen molar-refractivity contribution in [2.24, 2.45) is 5.92 Å². The van der Waals surface area contributed by atoms with Crippen LogP contribution < -0.4 is 11.1 Å². The van der Waals surface area contributed by atoms with Crippen LogP contribution in [0.15, 0.2) is 12.1 Å². The summed E-state index contributed by atoms with van der Waals surface area (Å²) in [5.41, 5.74) is 6.61. The number of benzene rings is 1. The van der Waals surface area contributed by atoms with Gasteiger partial charge in [0.1, 0.15) is 0 Å². The Hall–Kier alpha value is -1.42. The number of carboxylic acids is 1. The second kappa shape index (κ2) is 5.06. The number of aromatic carboxylic acids is 1. The average molecular weight is 269 g/mol. The summed E-state index contributed by atoms with van der Waals surface area (Å²) >= 11 is 6.10. The van der Waals surface area contributed by atoms with Crippen LogP contribution in [-0.4, -0.2) is 17.1 Å². The van der Waals surface area contributed by atoms with Crippen LogP contribution in [0.1, 0.15) is 36.5 Å². The van der Waals surface area contributed by atoms with Crippen molar-refractivity contribution in [2.75, 3.05) is 11.1 Å². The zero-order chi connectivity index (χ0) is 13.3. The third-order valence-corrected chi connectivity index (χ3v) is 3.83. The van der Waals surface area contributed by atoms with Crippen molar-refractivity contribution < 1.29 is 9.90 Å². The van der Waals surface area contributed by atoms with E-state index < -0.39 is 5.97 Å². The SMILES string of the molecule is CC1CCCC1Nc1c(Cl)cc(N)cc1C(=O)O. The lowest BCUT2D eigenvalue weighted by Gasteiger charge is -2.21. The zero-order valence-corrected chi connectivity index (χ0v) is 11.0. The second-order valence-corrected chi connectivity index (χ2v) is 5.30. The largest absolute Gasteiger partial charge is 0.478 e. The molecule has 1 aromatic carbocycles. The molecule has 0 spiro atoms. The number of carboxylic acid groups (broad SMARTS) is 1. The maximum absolute atomic E-state index is 11.2. The molecule has 2 unspecified atom stereocenters. The molecule has 1 aliphatic carbocycles. The quantitative estimate of drug-likeness (QED) is 0.736. The number of anilines is 2. The molecule has 1 aliphatic rings. The maximum atomic E-state index is 11.2. The molecule has 0 amide bonds. The second-order valence-electron chi connectivity index (χ2n) is 4.89. The number of hydrogen-bond acceptors (Lipinski definition) is 3. The van der Waals surface area contributed by atoms with E-state index in [1.165, 1.54) is 6.07 Å². The van der Waals surface area contributed by atoms with Gasteiger partial charge in [-0.25, -0.2) is 4.79 Å². The molecule has 1 fully saturated rings. The molecular formula is C13H17ClN2O2. The third-order valence-electron chi connectivity index (χ3n) is 3.53. The average Bonchev–Trinajstić information content (AvgIpc) is 2.67. The first-order chi connectivity index (χ1) is 8.49. The Kier molecular flexibility index (Phi) is 3.66. The van der Waals surface area contributed by atoms with Crippen molar-refractivity contribution in [3.8, 4) is 0 Å². The molecule has 2 rings (SSSR count). The molecule has 0 radical (unpaired) electrons. The van der Waals surface area contributed by atoms with Crippen molar-refractivity contribution in [1.29, 1.82) is 0 Å². The van der Waals surface area contributed by atoms with Gasteiger partial charge in [0.15, 0.2) is 0 Å². The molecule has 0 aliphatic heterocycles. The van der Waals surface area contributed by atoms with Crippen molar-refractivity contribution in [1.82, 2.24) is 0 Å². The third kappa shape index (κ3) is 2.53. The number of carbonyl (C=O) groups is 1. The van der Waals surface area contributed by atoms with Crippen LogP contribution >= 0.6 is 11.6 Å². The molecule has 1 saturated carbocycles. The van der Waals surface area contributed by atoms with Gasteiger partial charge in [-0.05, 0) is 30.9 Å². The standard InChI is InChI=1S/C13H17ClN2O2/c1-7-3-2-4-11(7)16-12-9(13(17)18)5-8(15)6-10(12)14/h5-7,11,16H,2-4,15H2,1H3,(H,17,18). The summed E-state index contributed by atoms with van der Waals surface area (Å²) in [7, 11) is 0. The number of nitrogen functional groups attached to an aromatic ring is 1. The van der Waals surface area contributed by atoms with E-state index in [9.17, 15) is 9.90 Å². The number of hydrogen-bond donors (Lipinski definition) is 3. The minimum Gasteiger partial charge on any atom is -0.478 e. The molecule has 18 heavy (non-hydrogen) atoms. The van der Waals surface area contributed by atoms with Gasteiger partial charge in [-0.1, -0.05) is 24.9 Å². The van der Waals surface area contributed by atoms with E-state index in [0.717, 1.165) is 19.3 Å². The van der Waals surface area contributed by atoms with Crippen LogP contribution in [0.25, 0.3) is 0 Å². The first-order valence-electron chi connectivity index (χ1n) is 6.08. The van der Waals surface area contributed by atoms with Gasteiger partial charge in [0.05, 0.1) is 16.3 Å². The Morgan fingerprint density at radius 1 is 1.50 bits per heavy atom. The Morgan fingerprint density at radius 3 is 2.78 bits per heavy atom. The summed E-state index contributed by atoms with van der Waals surface area (Å²) in [6.45, 7) is 2.16. The van der Waals surface area contributed by atoms with E-state index >= 15 is 0 Å². The van der Waals surface area contributed by atoms with Crippen LogP contribution in [0, 0.1) is 5.92 Å². The number of nitrogens with one attached hydrogen (secondary N) is 1. The summed E-state index contributed by atoms with van der Waals surface area (Å²) in [6.07, 6.45) is 3.36. The maximum Gasteiger partial charge on any atom is 0.337 e. The van der Waals surface area contributed by atoms with Crippen LogP contribution in [0.2, 0.25) is 5.02 Å². The summed E-state index contributed by atoms with van der Waals surface area (Å²) in [5, 5.41) is 12.8. The van der Waals surface area contributed by atoms with Crippen LogP contribution in [0.5, 0.6) is 0 Å². The number of nitrogens with two attached hydrogens (primary N) is 1. The first kappa shape index (κ1) is 13.0. The summed E-state index contributed by atoms with van der Waals surface area (Å²) in [5.74, 6) is -0.488. The number of rotatable bonds is 3. The van der Waals surface area contributed by atoms with E-state index in [0.29, 0.717) is 22.3 Å². The Bertz CT molecular complexity index is 476. The highest BCUT2D eigenvalue weighted by Gasteiger charge is 2.25. The smallest absolute Gasteiger partial charge is 0.337 e. The molecule has 98 valence electrons. The van der Waals surface area contributed by atoms with Crippen molar-refractivity contribution in [2.45, 2.75) is 32.2 Å². The monoisotopic (exact) mass is 268 g/mol. The van der Waals surface area contributed by atoms with Crippen molar-refractivity contribution >= 4 is 28.9 Å². The fourth-order valence-corrected chi connectivity index (χ4v) is 2.77. The highest BCUT2D eigenvalue weighted by atomic mass is 35.5. The minimum atomic E-state index is -1.02. The number of halogens is 1. The van der Waals surface area contributed by atoms with E-state index in [2.05, 4.69) is 12.2 Å². The summed E-state index contributed by atoms with van der Waals surface area (Å²) in [4.78, 5) is 11.2. The first-order valence-corrected chi connectivity index (χ1v) is 6.45. The minimum absolute atomic E-state index is 0.138. The topological polar surface area (TPSA) is 75.3 Å². The summed E-state index contributed by atoms with van der Waals surface area (Å²) in [6, 6.07) is 3.30. The van der Waals surface area contributed by atoms with E-state index in [-0.39, 0.29) is 11.6 Å². The van der Waals surface area contributed by atoms with Gasteiger partial charge in [0, 0.05) is 11.7 Å². The lowest BCUT2D eigenvalue weighted by molar-refractivity contribution is 0.0698. The zero-order valence-electron chi connectivity index (χ0n) is 10.2. The highest BCUT2D eigenvalue weighted by Crippen LogP contribution is 2.34. The molecule has 0 heterocycles. The van der Waals surface area contributed by atoms with E-state index in [1.807, 2.05) is 0 Å². The molecule has 5 heteroatoms. The lowest BCUT2D eigenvalue weighted by atomic mass is 10.0. The predicted octanol–water partition coefficient (Wildman–Crippen LogP) is 3.22. The molecule has 4 N–H and O–H groups in total. The Labute approximate surface area is 111 Å². The van der Waals surface area contributed by atoms with Crippen LogP contribution in [0.3, 0.4) is 0 Å². The van der Waals surface area contributed by atoms with Gasteiger partial charge in [-0.2, -0.15) is 0 Å². The molecule has 0 bridgehead atoms. The van der Waals surface area contributed by atoms with E-state index in [1.54, 1.807) is 6.07 Å². The predicted molar refractivity (Wildman–Crippen MR) is 73.2 cm³/mol. The van der Waals surface area contributed by atoms with Crippen LogP contribution in [0.4, 0.5) is 11.4 Å². The Morgan fingerprint density at radius 2 is 2.22 bits per heavy atom. The van der Waals surface area contributed by atoms with Gasteiger partial charge in [-0.3, -0.25) is 0 Å². The van der Waals surface area contributed by atoms with Gasteiger partial charge in [0.25, 0.3) is 0 Å². The molecule has 2 atom stereocenters. The highest BCUT2D eigenvalue weighted by molar-refractivity contribution is 6.34. The van der Waals surface area contributed by atoms with Gasteiger partial charge < -0.3 is 16.2 Å². The molecule has 4 nitrogen and oxygen atoms in total. The lowest BCUT2D eigenvalue weighted by Crippen LogP contribution is -2.23. The van der Waals surface area contributed by atoms with Gasteiger partial charge in [-0.15, -0.1) is 0 Å². The molecule has 0 aromatic heterocycles. The fraction of sp³-hybridized carbons (Fsp3) is 0.462.